The van der Waals surface area contributed by atoms with Crippen LogP contribution in [0.15, 0.2) is 12.3 Å². The average Bonchev–Trinajstić information content (AvgIpc) is 2.38. The third-order valence-electron chi connectivity index (χ3n) is 2.13. The van der Waals surface area contributed by atoms with E-state index >= 15 is 0 Å². The van der Waals surface area contributed by atoms with E-state index in [2.05, 4.69) is 4.98 Å². The van der Waals surface area contributed by atoms with E-state index in [1.807, 2.05) is 0 Å². The Morgan fingerprint density at radius 1 is 1.14 bits per heavy atom. The van der Waals surface area contributed by atoms with Crippen LogP contribution in [-0.2, 0) is 9.59 Å². The van der Waals surface area contributed by atoms with E-state index < -0.39 is 40.6 Å². The van der Waals surface area contributed by atoms with E-state index in [1.165, 1.54) is 6.07 Å². The molecular formula is C10H4F6N4O2. The zero-order valence-corrected chi connectivity index (χ0v) is 10.2. The van der Waals surface area contributed by atoms with E-state index in [4.69, 9.17) is 11.0 Å². The third-order valence-corrected chi connectivity index (χ3v) is 2.13. The number of imide groups is 1. The third kappa shape index (κ3) is 3.43. The van der Waals surface area contributed by atoms with Crippen molar-refractivity contribution < 1.29 is 35.9 Å². The lowest BCUT2D eigenvalue weighted by Crippen LogP contribution is -2.51. The molecule has 0 saturated heterocycles. The second kappa shape index (κ2) is 5.51. The van der Waals surface area contributed by atoms with Gasteiger partial charge in [0.05, 0.1) is 11.3 Å². The number of nitrogens with two attached hydrogens (primary N) is 1. The molecule has 22 heavy (non-hydrogen) atoms. The van der Waals surface area contributed by atoms with Gasteiger partial charge in [-0.2, -0.15) is 31.6 Å². The topological polar surface area (TPSA) is 100 Å². The van der Waals surface area contributed by atoms with Crippen molar-refractivity contribution in [2.75, 3.05) is 10.6 Å². The number of nitrogens with zero attached hydrogens (tertiary/aromatic N) is 3. The van der Waals surface area contributed by atoms with Crippen molar-refractivity contribution in [2.24, 2.45) is 0 Å². The fraction of sp³-hybridized carbons (Fsp3) is 0.200. The van der Waals surface area contributed by atoms with Crippen molar-refractivity contribution in [1.82, 2.24) is 4.98 Å². The Morgan fingerprint density at radius 3 is 1.91 bits per heavy atom. The molecule has 0 unspecified atom stereocenters. The van der Waals surface area contributed by atoms with Gasteiger partial charge in [-0.3, -0.25) is 9.59 Å². The molecule has 0 aliphatic rings. The molecule has 1 rings (SSSR count). The van der Waals surface area contributed by atoms with Crippen LogP contribution < -0.4 is 10.6 Å². The summed E-state index contributed by atoms with van der Waals surface area (Å²) >= 11 is 0. The standard InChI is InChI=1S/C10H4F6N4O2/c11-9(12,13)7(21)20(8(22)10(14,15)16)6-5(18)1-4(2-17)3-19-6/h1,3H,18H2. The summed E-state index contributed by atoms with van der Waals surface area (Å²) < 4.78 is 74.3. The number of carbonyl (C=O) groups is 2. The average molecular weight is 326 g/mol. The van der Waals surface area contributed by atoms with Gasteiger partial charge < -0.3 is 5.73 Å². The van der Waals surface area contributed by atoms with Crippen molar-refractivity contribution in [3.05, 3.63) is 17.8 Å². The fourth-order valence-corrected chi connectivity index (χ4v) is 1.26. The normalized spacial score (nSPS) is 11.7. The van der Waals surface area contributed by atoms with E-state index in [0.29, 0.717) is 12.3 Å². The lowest BCUT2D eigenvalue weighted by atomic mass is 10.2. The number of carbonyl (C=O) groups excluding carboxylic acids is 2. The van der Waals surface area contributed by atoms with Crippen LogP contribution in [0.3, 0.4) is 0 Å². The summed E-state index contributed by atoms with van der Waals surface area (Å²) in [6.45, 7) is 0. The highest BCUT2D eigenvalue weighted by Gasteiger charge is 2.53. The van der Waals surface area contributed by atoms with Crippen LogP contribution in [0.2, 0.25) is 0 Å². The minimum atomic E-state index is -5.77. The van der Waals surface area contributed by atoms with E-state index in [0.717, 1.165) is 0 Å². The number of pyridine rings is 1. The van der Waals surface area contributed by atoms with Gasteiger partial charge in [-0.15, -0.1) is 0 Å². The smallest absolute Gasteiger partial charge is 0.396 e. The van der Waals surface area contributed by atoms with Crippen molar-refractivity contribution in [2.45, 2.75) is 12.4 Å². The number of nitrogen functional groups attached to an aromatic ring is 1. The van der Waals surface area contributed by atoms with Gasteiger partial charge in [0.25, 0.3) is 0 Å². The molecule has 1 aromatic rings. The van der Waals surface area contributed by atoms with Crippen LogP contribution in [0, 0.1) is 11.3 Å². The van der Waals surface area contributed by atoms with Crippen LogP contribution in [0.4, 0.5) is 37.8 Å². The maximum Gasteiger partial charge on any atom is 0.472 e. The molecule has 0 aliphatic carbocycles. The second-order valence-corrected chi connectivity index (χ2v) is 3.69. The molecule has 12 heteroatoms. The predicted molar refractivity (Wildman–Crippen MR) is 58.0 cm³/mol. The molecule has 0 saturated carbocycles. The molecule has 0 aliphatic heterocycles. The molecule has 118 valence electrons. The second-order valence-electron chi connectivity index (χ2n) is 3.69. The predicted octanol–water partition coefficient (Wildman–Crippen LogP) is 1.52. The number of nitriles is 1. The summed E-state index contributed by atoms with van der Waals surface area (Å²) in [5.41, 5.74) is 3.99. The van der Waals surface area contributed by atoms with E-state index in [-0.39, 0.29) is 5.56 Å². The SMILES string of the molecule is N#Cc1cnc(N(C(=O)C(F)(F)F)C(=O)C(F)(F)F)c(N)c1. The fourth-order valence-electron chi connectivity index (χ4n) is 1.26. The Hall–Kier alpha value is -2.84. The highest BCUT2D eigenvalue weighted by atomic mass is 19.4. The molecule has 0 aromatic carbocycles. The summed E-state index contributed by atoms with van der Waals surface area (Å²) in [7, 11) is 0. The van der Waals surface area contributed by atoms with Gasteiger partial charge in [0.15, 0.2) is 5.82 Å². The Bertz CT molecular complexity index is 635. The van der Waals surface area contributed by atoms with Crippen molar-refractivity contribution in [3.63, 3.8) is 0 Å². The number of hydrogen-bond acceptors (Lipinski definition) is 5. The Kier molecular flexibility index (Phi) is 4.31. The van der Waals surface area contributed by atoms with Crippen molar-refractivity contribution in [3.8, 4) is 6.07 Å². The Morgan fingerprint density at radius 2 is 1.59 bits per heavy atom. The number of hydrogen-bond donors (Lipinski definition) is 1. The molecule has 0 spiro atoms. The van der Waals surface area contributed by atoms with Crippen LogP contribution in [-0.4, -0.2) is 29.2 Å². The molecular weight excluding hydrogens is 322 g/mol. The molecule has 0 atom stereocenters. The summed E-state index contributed by atoms with van der Waals surface area (Å²) in [6.07, 6.45) is -11.0. The lowest BCUT2D eigenvalue weighted by Gasteiger charge is -2.23. The quantitative estimate of drug-likeness (QED) is 0.789. The summed E-state index contributed by atoms with van der Waals surface area (Å²) in [6, 6.07) is 2.15. The first kappa shape index (κ1) is 17.2. The highest BCUT2D eigenvalue weighted by molar-refractivity contribution is 6.19. The first-order valence-corrected chi connectivity index (χ1v) is 5.07. The van der Waals surface area contributed by atoms with Gasteiger partial charge in [-0.1, -0.05) is 0 Å². The zero-order valence-electron chi connectivity index (χ0n) is 10.2. The summed E-state index contributed by atoms with van der Waals surface area (Å²) in [5, 5.41) is 8.52. The molecule has 0 radical (unpaired) electrons. The molecule has 0 fully saturated rings. The first-order chi connectivity index (χ1) is 9.89. The number of anilines is 2. The summed E-state index contributed by atoms with van der Waals surface area (Å²) in [4.78, 5) is 24.0. The van der Waals surface area contributed by atoms with Crippen LogP contribution in [0.1, 0.15) is 5.56 Å². The van der Waals surface area contributed by atoms with Gasteiger partial charge in [0.1, 0.15) is 6.07 Å². The van der Waals surface area contributed by atoms with Gasteiger partial charge in [-0.05, 0) is 6.07 Å². The first-order valence-electron chi connectivity index (χ1n) is 5.07. The Labute approximate surface area is 117 Å². The number of amides is 2. The Balaban J connectivity index is 3.49. The van der Waals surface area contributed by atoms with Crippen LogP contribution in [0.5, 0.6) is 0 Å². The van der Waals surface area contributed by atoms with Crippen LogP contribution >= 0.6 is 0 Å². The lowest BCUT2D eigenvalue weighted by molar-refractivity contribution is -0.182. The van der Waals surface area contributed by atoms with Crippen molar-refractivity contribution >= 4 is 23.3 Å². The summed E-state index contributed by atoms with van der Waals surface area (Å²) in [5.74, 6) is -7.60. The minimum absolute atomic E-state index is 0.292. The zero-order chi connectivity index (χ0) is 17.3. The molecule has 6 nitrogen and oxygen atoms in total. The van der Waals surface area contributed by atoms with Gasteiger partial charge in [-0.25, -0.2) is 9.88 Å². The molecule has 1 aromatic heterocycles. The number of halogens is 6. The highest BCUT2D eigenvalue weighted by Crippen LogP contribution is 2.31. The van der Waals surface area contributed by atoms with Gasteiger partial charge in [0.2, 0.25) is 0 Å². The van der Waals surface area contributed by atoms with Crippen LogP contribution in [0.25, 0.3) is 0 Å². The maximum absolute atomic E-state index is 12.4. The van der Waals surface area contributed by atoms with Gasteiger partial charge in [0, 0.05) is 6.20 Å². The van der Waals surface area contributed by atoms with Gasteiger partial charge >= 0.3 is 24.2 Å². The maximum atomic E-state index is 12.4. The van der Waals surface area contributed by atoms with Crippen molar-refractivity contribution in [1.29, 1.82) is 5.26 Å². The largest absolute Gasteiger partial charge is 0.472 e. The molecule has 0 bridgehead atoms. The number of alkyl halides is 6. The number of rotatable bonds is 1. The van der Waals surface area contributed by atoms with E-state index in [1.54, 1.807) is 0 Å². The monoisotopic (exact) mass is 326 g/mol. The minimum Gasteiger partial charge on any atom is -0.396 e. The molecule has 2 amide bonds. The molecule has 2 N–H and O–H groups in total. The number of aromatic nitrogens is 1. The molecule has 1 heterocycles. The van der Waals surface area contributed by atoms with E-state index in [9.17, 15) is 35.9 Å².